The van der Waals surface area contributed by atoms with Crippen molar-refractivity contribution >= 4 is 17.9 Å². The fourth-order valence-electron chi connectivity index (χ4n) is 5.01. The van der Waals surface area contributed by atoms with Crippen LogP contribution in [0.3, 0.4) is 0 Å². The van der Waals surface area contributed by atoms with Crippen LogP contribution in [0.15, 0.2) is 54.6 Å². The largest absolute Gasteiger partial charge is 0.444 e. The third-order valence-electron chi connectivity index (χ3n) is 7.18. The molecule has 0 aliphatic carbocycles. The maximum Gasteiger partial charge on any atom is 0.408 e. The van der Waals surface area contributed by atoms with Crippen molar-refractivity contribution in [3.8, 4) is 0 Å². The second-order valence-electron chi connectivity index (χ2n) is 12.2. The molecule has 42 heavy (non-hydrogen) atoms. The fourth-order valence-corrected chi connectivity index (χ4v) is 5.01. The number of aryl methyl sites for hydroxylation is 1. The van der Waals surface area contributed by atoms with Gasteiger partial charge in [0, 0.05) is 19.0 Å². The molecule has 7 heteroatoms. The first-order chi connectivity index (χ1) is 20.0. The number of nitrogens with zero attached hydrogens (tertiary/aromatic N) is 1. The minimum Gasteiger partial charge on any atom is -0.444 e. The number of unbranched alkanes of at least 4 members (excludes halogenated alkanes) is 3. The van der Waals surface area contributed by atoms with Crippen LogP contribution < -0.4 is 10.6 Å². The minimum absolute atomic E-state index is 0.0306. The van der Waals surface area contributed by atoms with Crippen LogP contribution in [0.2, 0.25) is 0 Å². The molecule has 0 bridgehead atoms. The lowest BCUT2D eigenvalue weighted by Crippen LogP contribution is -2.54. The molecule has 0 aliphatic rings. The zero-order chi connectivity index (χ0) is 31.1. The number of carbonyl (C=O) groups is 3. The second-order valence-corrected chi connectivity index (χ2v) is 12.2. The Morgan fingerprint density at radius 2 is 1.50 bits per heavy atom. The Bertz CT molecular complexity index is 1100. The maximum atomic E-state index is 14.5. The van der Waals surface area contributed by atoms with Gasteiger partial charge in [-0.3, -0.25) is 9.59 Å². The summed E-state index contributed by atoms with van der Waals surface area (Å²) in [6.45, 7) is 14.1. The van der Waals surface area contributed by atoms with E-state index in [0.29, 0.717) is 6.54 Å². The Labute approximate surface area is 253 Å². The third kappa shape index (κ3) is 11.9. The highest BCUT2D eigenvalue weighted by atomic mass is 16.6. The third-order valence-corrected chi connectivity index (χ3v) is 7.18. The minimum atomic E-state index is -0.910. The molecule has 3 atom stereocenters. The van der Waals surface area contributed by atoms with Gasteiger partial charge in [-0.05, 0) is 63.6 Å². The highest BCUT2D eigenvalue weighted by Gasteiger charge is 2.36. The van der Waals surface area contributed by atoms with Crippen molar-refractivity contribution < 1.29 is 19.1 Å². The molecule has 7 nitrogen and oxygen atoms in total. The Balaban J connectivity index is 2.56. The van der Waals surface area contributed by atoms with E-state index in [1.807, 2.05) is 61.5 Å². The van der Waals surface area contributed by atoms with Crippen molar-refractivity contribution in [2.45, 2.75) is 124 Å². The Morgan fingerprint density at radius 1 is 0.833 bits per heavy atom. The van der Waals surface area contributed by atoms with Crippen LogP contribution in [0.1, 0.15) is 110 Å². The van der Waals surface area contributed by atoms with Crippen LogP contribution in [-0.4, -0.2) is 47.0 Å². The molecule has 0 radical (unpaired) electrons. The van der Waals surface area contributed by atoms with Crippen molar-refractivity contribution in [2.75, 3.05) is 6.54 Å². The van der Waals surface area contributed by atoms with E-state index in [0.717, 1.165) is 61.6 Å². The van der Waals surface area contributed by atoms with E-state index in [1.54, 1.807) is 25.7 Å². The molecular weight excluding hydrogens is 526 g/mol. The highest BCUT2D eigenvalue weighted by molar-refractivity contribution is 5.92. The number of hydrogen-bond donors (Lipinski definition) is 2. The lowest BCUT2D eigenvalue weighted by Gasteiger charge is -2.35. The van der Waals surface area contributed by atoms with E-state index < -0.39 is 23.8 Å². The van der Waals surface area contributed by atoms with E-state index in [2.05, 4.69) is 31.4 Å². The van der Waals surface area contributed by atoms with Gasteiger partial charge in [-0.25, -0.2) is 4.79 Å². The first kappa shape index (κ1) is 34.8. The fraction of sp³-hybridized carbons (Fsp3) is 0.571. The number of ether oxygens (including phenoxy) is 1. The van der Waals surface area contributed by atoms with E-state index in [-0.39, 0.29) is 24.3 Å². The quantitative estimate of drug-likeness (QED) is 0.207. The highest BCUT2D eigenvalue weighted by Crippen LogP contribution is 2.25. The van der Waals surface area contributed by atoms with E-state index in [1.165, 1.54) is 0 Å². The molecule has 0 aliphatic heterocycles. The topological polar surface area (TPSA) is 87.7 Å². The van der Waals surface area contributed by atoms with Crippen molar-refractivity contribution in [1.29, 1.82) is 0 Å². The lowest BCUT2D eigenvalue weighted by molar-refractivity contribution is -0.142. The molecule has 0 saturated carbocycles. The van der Waals surface area contributed by atoms with Crippen LogP contribution in [0, 0.1) is 0 Å². The average Bonchev–Trinajstić information content (AvgIpc) is 2.93. The molecule has 2 N–H and O–H groups in total. The van der Waals surface area contributed by atoms with Crippen molar-refractivity contribution in [1.82, 2.24) is 15.5 Å². The van der Waals surface area contributed by atoms with E-state index in [9.17, 15) is 14.4 Å². The summed E-state index contributed by atoms with van der Waals surface area (Å²) in [5, 5.41) is 6.00. The normalized spacial score (nSPS) is 13.5. The Kier molecular flexibility index (Phi) is 14.6. The molecule has 0 saturated heterocycles. The summed E-state index contributed by atoms with van der Waals surface area (Å²) in [7, 11) is 0. The number of nitrogens with one attached hydrogen (secondary N) is 2. The monoisotopic (exact) mass is 579 g/mol. The lowest BCUT2D eigenvalue weighted by atomic mass is 9.98. The number of alkyl carbamates (subject to hydrolysis) is 1. The zero-order valence-corrected chi connectivity index (χ0v) is 26.9. The molecule has 232 valence electrons. The molecule has 2 aromatic rings. The molecule has 2 rings (SSSR count). The number of hydrogen-bond acceptors (Lipinski definition) is 4. The molecule has 0 fully saturated rings. The van der Waals surface area contributed by atoms with Crippen molar-refractivity contribution in [3.05, 3.63) is 71.3 Å². The number of benzene rings is 2. The van der Waals surface area contributed by atoms with Gasteiger partial charge in [-0.2, -0.15) is 0 Å². The van der Waals surface area contributed by atoms with Gasteiger partial charge in [0.25, 0.3) is 0 Å². The molecule has 0 heterocycles. The van der Waals surface area contributed by atoms with Crippen LogP contribution >= 0.6 is 0 Å². The summed E-state index contributed by atoms with van der Waals surface area (Å²) in [6.07, 6.45) is 6.08. The number of rotatable bonds is 16. The van der Waals surface area contributed by atoms with Gasteiger partial charge >= 0.3 is 6.09 Å². The number of amides is 3. The molecule has 3 amide bonds. The summed E-state index contributed by atoms with van der Waals surface area (Å²) in [6, 6.07) is 15.8. The Hall–Kier alpha value is -3.35. The molecule has 3 unspecified atom stereocenters. The SMILES string of the molecule is CCCCCCN(C(=O)C(Cc1ccccc1)NC(=O)OC(C)(C)C)C(C(=O)NC(C)CCC)c1ccc(CC)cc1. The second kappa shape index (κ2) is 17.6. The predicted octanol–water partition coefficient (Wildman–Crippen LogP) is 7.14. The van der Waals surface area contributed by atoms with Gasteiger partial charge in [0.15, 0.2) is 0 Å². The van der Waals surface area contributed by atoms with Gasteiger partial charge in [-0.1, -0.05) is 101 Å². The first-order valence-electron chi connectivity index (χ1n) is 15.7. The molecule has 2 aromatic carbocycles. The van der Waals surface area contributed by atoms with Gasteiger partial charge in [0.05, 0.1) is 0 Å². The van der Waals surface area contributed by atoms with Crippen LogP contribution in [0.4, 0.5) is 4.79 Å². The summed E-state index contributed by atoms with van der Waals surface area (Å²) in [4.78, 5) is 43.2. The predicted molar refractivity (Wildman–Crippen MR) is 170 cm³/mol. The van der Waals surface area contributed by atoms with Crippen molar-refractivity contribution in [3.63, 3.8) is 0 Å². The van der Waals surface area contributed by atoms with Crippen LogP contribution in [0.25, 0.3) is 0 Å². The zero-order valence-electron chi connectivity index (χ0n) is 26.9. The number of carbonyl (C=O) groups excluding carboxylic acids is 3. The van der Waals surface area contributed by atoms with E-state index in [4.69, 9.17) is 4.74 Å². The van der Waals surface area contributed by atoms with Gasteiger partial charge in [0.2, 0.25) is 11.8 Å². The summed E-state index contributed by atoms with van der Waals surface area (Å²) < 4.78 is 5.55. The van der Waals surface area contributed by atoms with Crippen LogP contribution in [-0.2, 0) is 27.2 Å². The first-order valence-corrected chi connectivity index (χ1v) is 15.7. The molecule has 0 aromatic heterocycles. The average molecular weight is 580 g/mol. The summed E-state index contributed by atoms with van der Waals surface area (Å²) in [5.74, 6) is -0.510. The smallest absolute Gasteiger partial charge is 0.408 e. The van der Waals surface area contributed by atoms with Gasteiger partial charge in [-0.15, -0.1) is 0 Å². The Morgan fingerprint density at radius 3 is 2.07 bits per heavy atom. The molecular formula is C35H53N3O4. The van der Waals surface area contributed by atoms with Gasteiger partial charge < -0.3 is 20.3 Å². The standard InChI is InChI=1S/C35H53N3O4/c1-8-11-12-16-24-38(31(32(39)36-26(4)17-9-2)29-22-20-27(10-3)21-23-29)33(40)30(25-28-18-14-13-15-19-28)37-34(41)42-35(5,6)7/h13-15,18-23,26,30-31H,8-12,16-17,24-25H2,1-7H3,(H,36,39)(H,37,41). The summed E-state index contributed by atoms with van der Waals surface area (Å²) >= 11 is 0. The maximum absolute atomic E-state index is 14.5. The van der Waals surface area contributed by atoms with Gasteiger partial charge in [0.1, 0.15) is 17.7 Å². The van der Waals surface area contributed by atoms with Crippen molar-refractivity contribution in [2.24, 2.45) is 0 Å². The van der Waals surface area contributed by atoms with E-state index >= 15 is 0 Å². The molecule has 0 spiro atoms. The van der Waals surface area contributed by atoms with Crippen LogP contribution in [0.5, 0.6) is 0 Å². The summed E-state index contributed by atoms with van der Waals surface area (Å²) in [5.41, 5.74) is 2.10.